The van der Waals surface area contributed by atoms with E-state index < -0.39 is 6.61 Å². The number of hydrogen-bond acceptors (Lipinski definition) is 3. The summed E-state index contributed by atoms with van der Waals surface area (Å²) >= 11 is 17.5. The quantitative estimate of drug-likeness (QED) is 0.602. The first kappa shape index (κ1) is 22.0. The van der Waals surface area contributed by atoms with Gasteiger partial charge in [0.25, 0.3) is 0 Å². The molecule has 2 aromatic rings. The normalized spacial score (nSPS) is 14.9. The van der Waals surface area contributed by atoms with E-state index in [2.05, 4.69) is 15.0 Å². The van der Waals surface area contributed by atoms with Crippen LogP contribution in [-0.2, 0) is 6.54 Å². The summed E-state index contributed by atoms with van der Waals surface area (Å²) in [6, 6.07) is 10.7. The third kappa shape index (κ3) is 6.15. The van der Waals surface area contributed by atoms with Gasteiger partial charge in [-0.05, 0) is 54.5 Å². The van der Waals surface area contributed by atoms with Crippen LogP contribution < -0.4 is 10.1 Å². The van der Waals surface area contributed by atoms with Crippen molar-refractivity contribution in [1.29, 1.82) is 0 Å². The molecule has 1 heterocycles. The van der Waals surface area contributed by atoms with Crippen molar-refractivity contribution >= 4 is 46.2 Å². The van der Waals surface area contributed by atoms with Crippen LogP contribution in [0.25, 0.3) is 0 Å². The minimum absolute atomic E-state index is 0.0839. The maximum absolute atomic E-state index is 12.7. The highest BCUT2D eigenvalue weighted by molar-refractivity contribution is 7.80. The van der Waals surface area contributed by atoms with Gasteiger partial charge in [0.1, 0.15) is 5.75 Å². The molecule has 0 bridgehead atoms. The fraction of sp³-hybridized carbons (Fsp3) is 0.350. The average molecular weight is 460 g/mol. The second-order valence-electron chi connectivity index (χ2n) is 6.82. The summed E-state index contributed by atoms with van der Waals surface area (Å²) in [5, 5.41) is 4.62. The number of aryl methyl sites for hydroxylation is 1. The van der Waals surface area contributed by atoms with Crippen molar-refractivity contribution in [3.63, 3.8) is 0 Å². The molecule has 0 aromatic heterocycles. The maximum atomic E-state index is 12.7. The lowest BCUT2D eigenvalue weighted by Crippen LogP contribution is -2.49. The van der Waals surface area contributed by atoms with Gasteiger partial charge in [0, 0.05) is 32.7 Å². The highest BCUT2D eigenvalue weighted by atomic mass is 35.5. The number of alkyl halides is 2. The highest BCUT2D eigenvalue weighted by Gasteiger charge is 2.20. The lowest BCUT2D eigenvalue weighted by atomic mass is 10.2. The van der Waals surface area contributed by atoms with E-state index in [1.807, 2.05) is 30.0 Å². The molecule has 1 aliphatic rings. The minimum atomic E-state index is -2.89. The molecule has 2 aromatic carbocycles. The summed E-state index contributed by atoms with van der Waals surface area (Å²) in [6.45, 7) is 2.78. The van der Waals surface area contributed by atoms with Gasteiger partial charge in [-0.1, -0.05) is 35.3 Å². The zero-order chi connectivity index (χ0) is 21.0. The summed E-state index contributed by atoms with van der Waals surface area (Å²) in [6.07, 6.45) is 0. The van der Waals surface area contributed by atoms with Gasteiger partial charge in [-0.15, -0.1) is 0 Å². The van der Waals surface area contributed by atoms with Crippen LogP contribution in [0.3, 0.4) is 0 Å². The Morgan fingerprint density at radius 1 is 1.10 bits per heavy atom. The van der Waals surface area contributed by atoms with Crippen molar-refractivity contribution < 1.29 is 13.5 Å². The fourth-order valence-corrected chi connectivity index (χ4v) is 3.74. The molecule has 4 nitrogen and oxygen atoms in total. The van der Waals surface area contributed by atoms with Gasteiger partial charge >= 0.3 is 6.61 Å². The zero-order valence-corrected chi connectivity index (χ0v) is 18.1. The molecule has 1 saturated heterocycles. The maximum Gasteiger partial charge on any atom is 0.387 e. The van der Waals surface area contributed by atoms with Crippen molar-refractivity contribution in [1.82, 2.24) is 9.80 Å². The Hall–Kier alpha value is -1.67. The Balaban J connectivity index is 1.55. The zero-order valence-electron chi connectivity index (χ0n) is 15.8. The Morgan fingerprint density at radius 3 is 2.48 bits per heavy atom. The van der Waals surface area contributed by atoms with Gasteiger partial charge in [0.15, 0.2) is 5.11 Å². The van der Waals surface area contributed by atoms with E-state index in [4.69, 9.17) is 35.4 Å². The van der Waals surface area contributed by atoms with Gasteiger partial charge in [-0.3, -0.25) is 4.90 Å². The highest BCUT2D eigenvalue weighted by Crippen LogP contribution is 2.28. The van der Waals surface area contributed by atoms with Crippen LogP contribution in [0.5, 0.6) is 5.75 Å². The van der Waals surface area contributed by atoms with E-state index in [9.17, 15) is 8.78 Å². The van der Waals surface area contributed by atoms with Crippen molar-refractivity contribution in [3.05, 3.63) is 57.6 Å². The van der Waals surface area contributed by atoms with Crippen molar-refractivity contribution in [2.75, 3.05) is 31.5 Å². The van der Waals surface area contributed by atoms with E-state index in [0.717, 1.165) is 43.9 Å². The number of piperazine rings is 1. The molecule has 9 heteroatoms. The number of halogens is 4. The first-order valence-corrected chi connectivity index (χ1v) is 10.3. The number of nitrogens with zero attached hydrogens (tertiary/aromatic N) is 2. The number of rotatable bonds is 5. The first-order valence-electron chi connectivity index (χ1n) is 9.09. The molecule has 0 amide bonds. The molecule has 0 unspecified atom stereocenters. The third-order valence-electron chi connectivity index (χ3n) is 4.64. The molecular formula is C20H21Cl2F2N3OS. The number of hydrogen-bond donors (Lipinski definition) is 1. The second-order valence-corrected chi connectivity index (χ2v) is 8.02. The molecular weight excluding hydrogens is 439 g/mol. The molecule has 0 aliphatic carbocycles. The van der Waals surface area contributed by atoms with Crippen molar-refractivity contribution in [2.24, 2.45) is 0 Å². The third-order valence-corrected chi connectivity index (χ3v) is 5.74. The van der Waals surface area contributed by atoms with E-state index >= 15 is 0 Å². The molecule has 0 atom stereocenters. The van der Waals surface area contributed by atoms with Crippen LogP contribution in [0.1, 0.15) is 11.1 Å². The molecule has 29 heavy (non-hydrogen) atoms. The average Bonchev–Trinajstić information content (AvgIpc) is 2.67. The Labute approximate surface area is 184 Å². The van der Waals surface area contributed by atoms with Crippen molar-refractivity contribution in [3.8, 4) is 5.75 Å². The molecule has 156 valence electrons. The summed E-state index contributed by atoms with van der Waals surface area (Å²) < 4.78 is 30.0. The van der Waals surface area contributed by atoms with Gasteiger partial charge in [-0.2, -0.15) is 8.78 Å². The lowest BCUT2D eigenvalue weighted by Gasteiger charge is -2.36. The molecule has 3 rings (SSSR count). The summed E-state index contributed by atoms with van der Waals surface area (Å²) in [5.74, 6) is 0.0839. The van der Waals surface area contributed by atoms with Gasteiger partial charge < -0.3 is 15.0 Å². The standard InChI is InChI=1S/C20H21Cl2F2N3OS/c1-13-2-5-17(18(10-13)28-19(23)24)25-20(29)27-8-6-26(7-9-27)12-14-3-4-15(21)16(22)11-14/h2-5,10-11,19H,6-9,12H2,1H3,(H,25,29). The topological polar surface area (TPSA) is 27.7 Å². The Morgan fingerprint density at radius 2 is 1.83 bits per heavy atom. The largest absolute Gasteiger partial charge is 0.433 e. The molecule has 1 aliphatic heterocycles. The smallest absolute Gasteiger partial charge is 0.387 e. The number of benzene rings is 2. The number of nitrogens with one attached hydrogen (secondary N) is 1. The fourth-order valence-electron chi connectivity index (χ4n) is 3.13. The first-order chi connectivity index (χ1) is 13.8. The monoisotopic (exact) mass is 459 g/mol. The van der Waals surface area contributed by atoms with E-state index in [1.54, 1.807) is 18.2 Å². The SMILES string of the molecule is Cc1ccc(NC(=S)N2CCN(Cc3ccc(Cl)c(Cl)c3)CC2)c(OC(F)F)c1. The number of thiocarbonyl (C=S) groups is 1. The van der Waals surface area contributed by atoms with Gasteiger partial charge in [0.2, 0.25) is 0 Å². The van der Waals surface area contributed by atoms with E-state index in [0.29, 0.717) is 20.8 Å². The van der Waals surface area contributed by atoms with Crippen LogP contribution in [0.4, 0.5) is 14.5 Å². The second kappa shape index (κ2) is 9.89. The van der Waals surface area contributed by atoms with E-state index in [-0.39, 0.29) is 5.75 Å². The van der Waals surface area contributed by atoms with Gasteiger partial charge in [0.05, 0.1) is 15.7 Å². The molecule has 0 radical (unpaired) electrons. The Kier molecular flexibility index (Phi) is 7.51. The van der Waals surface area contributed by atoms with Crippen molar-refractivity contribution in [2.45, 2.75) is 20.1 Å². The summed E-state index contributed by atoms with van der Waals surface area (Å²) in [7, 11) is 0. The van der Waals surface area contributed by atoms with Crippen LogP contribution >= 0.6 is 35.4 Å². The van der Waals surface area contributed by atoms with E-state index in [1.165, 1.54) is 0 Å². The van der Waals surface area contributed by atoms with Crippen LogP contribution in [0, 0.1) is 6.92 Å². The minimum Gasteiger partial charge on any atom is -0.433 e. The predicted molar refractivity (Wildman–Crippen MR) is 117 cm³/mol. The van der Waals surface area contributed by atoms with Gasteiger partial charge in [-0.25, -0.2) is 0 Å². The number of anilines is 1. The van der Waals surface area contributed by atoms with Crippen LogP contribution in [-0.4, -0.2) is 47.7 Å². The molecule has 1 N–H and O–H groups in total. The Bertz CT molecular complexity index is 877. The number of ether oxygens (including phenoxy) is 1. The molecule has 1 fully saturated rings. The molecule has 0 spiro atoms. The summed E-state index contributed by atoms with van der Waals surface area (Å²) in [4.78, 5) is 4.32. The lowest BCUT2D eigenvalue weighted by molar-refractivity contribution is -0.0493. The van der Waals surface area contributed by atoms with Crippen LogP contribution in [0.15, 0.2) is 36.4 Å². The summed E-state index contributed by atoms with van der Waals surface area (Å²) in [5.41, 5.74) is 2.36. The molecule has 0 saturated carbocycles. The van der Waals surface area contributed by atoms with Crippen LogP contribution in [0.2, 0.25) is 10.0 Å². The predicted octanol–water partition coefficient (Wildman–Crippen LogP) is 5.42.